The molecule has 0 aliphatic carbocycles. The van der Waals surface area contributed by atoms with Gasteiger partial charge in [-0.2, -0.15) is 0 Å². The number of amides is 1. The molecule has 1 heterocycles. The molecule has 21 heavy (non-hydrogen) atoms. The molecule has 1 aliphatic rings. The van der Waals surface area contributed by atoms with Crippen molar-refractivity contribution in [2.45, 2.75) is 18.3 Å². The van der Waals surface area contributed by atoms with Gasteiger partial charge in [0.05, 0.1) is 11.6 Å². The van der Waals surface area contributed by atoms with Crippen molar-refractivity contribution in [1.82, 2.24) is 4.90 Å². The van der Waals surface area contributed by atoms with Crippen LogP contribution in [0, 0.1) is 0 Å². The highest BCUT2D eigenvalue weighted by molar-refractivity contribution is 9.10. The summed E-state index contributed by atoms with van der Waals surface area (Å²) in [5.41, 5.74) is 0.695. The monoisotopic (exact) mass is 375 g/mol. The fraction of sp³-hybridized carbons (Fsp3) is 0.385. The lowest BCUT2D eigenvalue weighted by molar-refractivity contribution is -0.148. The molecule has 1 aromatic carbocycles. The molecule has 0 radical (unpaired) electrons. The average Bonchev–Trinajstić information content (AvgIpc) is 2.86. The van der Waals surface area contributed by atoms with E-state index in [1.54, 1.807) is 12.1 Å². The van der Waals surface area contributed by atoms with Crippen LogP contribution in [0.2, 0.25) is 0 Å². The normalized spacial score (nSPS) is 21.4. The van der Waals surface area contributed by atoms with Gasteiger partial charge in [-0.1, -0.05) is 0 Å². The van der Waals surface area contributed by atoms with Crippen molar-refractivity contribution in [3.63, 3.8) is 0 Å². The highest BCUT2D eigenvalue weighted by Crippen LogP contribution is 2.45. The third kappa shape index (κ3) is 2.96. The number of carboxylic acid groups (broad SMARTS) is 1. The molecule has 0 bridgehead atoms. The molecule has 1 saturated heterocycles. The predicted octanol–water partition coefficient (Wildman–Crippen LogP) is 2.21. The van der Waals surface area contributed by atoms with E-state index in [9.17, 15) is 19.8 Å². The van der Waals surface area contributed by atoms with Crippen LogP contribution in [0.5, 0.6) is 11.5 Å². The van der Waals surface area contributed by atoms with Gasteiger partial charge in [0.15, 0.2) is 11.5 Å². The second kappa shape index (κ2) is 6.15. The predicted molar refractivity (Wildman–Crippen MR) is 81.5 cm³/mol. The smallest absolute Gasteiger partial charge is 0.327 e. The summed E-state index contributed by atoms with van der Waals surface area (Å²) in [6, 6.07) is 2.42. The van der Waals surface area contributed by atoms with Gasteiger partial charge in [0.2, 0.25) is 5.91 Å². The molecule has 1 amide bonds. The highest BCUT2D eigenvalue weighted by atomic mass is 79.9. The van der Waals surface area contributed by atoms with Crippen LogP contribution in [0.4, 0.5) is 0 Å². The van der Waals surface area contributed by atoms with E-state index in [0.29, 0.717) is 15.8 Å². The van der Waals surface area contributed by atoms with E-state index in [1.807, 2.05) is 0 Å². The van der Waals surface area contributed by atoms with Crippen LogP contribution >= 0.6 is 27.7 Å². The Morgan fingerprint density at radius 3 is 2.67 bits per heavy atom. The highest BCUT2D eigenvalue weighted by Gasteiger charge is 2.41. The first-order chi connectivity index (χ1) is 9.86. The van der Waals surface area contributed by atoms with E-state index < -0.39 is 17.4 Å². The maximum absolute atomic E-state index is 11.8. The van der Waals surface area contributed by atoms with E-state index in [1.165, 1.54) is 30.7 Å². The Morgan fingerprint density at radius 2 is 2.14 bits per heavy atom. The quantitative estimate of drug-likeness (QED) is 0.841. The topological polar surface area (TPSA) is 87.1 Å². The number of aromatic hydroxyl groups is 1. The number of aliphatic carboxylic acids is 1. The van der Waals surface area contributed by atoms with E-state index in [0.717, 1.165) is 0 Å². The number of rotatable bonds is 3. The SMILES string of the molecule is COc1cc([C@@H]2SC[C@@H](C(=O)O)N2C(C)=O)cc(Br)c1O. The van der Waals surface area contributed by atoms with Crippen LogP contribution in [-0.4, -0.2) is 45.9 Å². The molecule has 2 N–H and O–H groups in total. The third-order valence-electron chi connectivity index (χ3n) is 3.20. The molecular weight excluding hydrogens is 362 g/mol. The molecule has 114 valence electrons. The fourth-order valence-corrected chi connectivity index (χ4v) is 4.14. The van der Waals surface area contributed by atoms with Gasteiger partial charge in [0.25, 0.3) is 0 Å². The Kier molecular flexibility index (Phi) is 4.67. The number of hydrogen-bond acceptors (Lipinski definition) is 5. The third-order valence-corrected chi connectivity index (χ3v) is 5.13. The Morgan fingerprint density at radius 1 is 1.48 bits per heavy atom. The van der Waals surface area contributed by atoms with Crippen molar-refractivity contribution in [3.05, 3.63) is 22.2 Å². The van der Waals surface area contributed by atoms with Gasteiger partial charge in [-0.25, -0.2) is 4.79 Å². The molecule has 0 saturated carbocycles. The summed E-state index contributed by atoms with van der Waals surface area (Å²) in [6.45, 7) is 1.35. The first-order valence-electron chi connectivity index (χ1n) is 6.06. The number of phenols is 1. The Hall–Kier alpha value is -1.41. The second-order valence-corrected chi connectivity index (χ2v) is 6.49. The number of benzene rings is 1. The summed E-state index contributed by atoms with van der Waals surface area (Å²) >= 11 is 4.60. The number of carbonyl (C=O) groups excluding carboxylic acids is 1. The zero-order valence-electron chi connectivity index (χ0n) is 11.4. The Labute approximate surface area is 134 Å². The lowest BCUT2D eigenvalue weighted by Gasteiger charge is -2.26. The molecule has 0 aromatic heterocycles. The molecule has 6 nitrogen and oxygen atoms in total. The minimum atomic E-state index is -1.02. The first kappa shape index (κ1) is 16.0. The minimum Gasteiger partial charge on any atom is -0.503 e. The van der Waals surface area contributed by atoms with Gasteiger partial charge in [0, 0.05) is 12.7 Å². The Balaban J connectivity index is 2.44. The van der Waals surface area contributed by atoms with Gasteiger partial charge in [0.1, 0.15) is 11.4 Å². The number of thioether (sulfide) groups is 1. The van der Waals surface area contributed by atoms with Crippen molar-refractivity contribution < 1.29 is 24.5 Å². The largest absolute Gasteiger partial charge is 0.503 e. The minimum absolute atomic E-state index is 0.0339. The average molecular weight is 376 g/mol. The summed E-state index contributed by atoms with van der Waals surface area (Å²) in [6.07, 6.45) is 0. The molecule has 1 fully saturated rings. The number of carboxylic acids is 1. The summed E-state index contributed by atoms with van der Waals surface area (Å²) in [7, 11) is 1.43. The zero-order chi connectivity index (χ0) is 15.7. The van der Waals surface area contributed by atoms with Crippen molar-refractivity contribution in [1.29, 1.82) is 0 Å². The van der Waals surface area contributed by atoms with E-state index in [-0.39, 0.29) is 17.4 Å². The summed E-state index contributed by atoms with van der Waals surface area (Å²) in [5, 5.41) is 18.6. The molecule has 8 heteroatoms. The zero-order valence-corrected chi connectivity index (χ0v) is 13.8. The summed E-state index contributed by atoms with van der Waals surface area (Å²) < 4.78 is 5.52. The molecular formula is C13H14BrNO5S. The van der Waals surface area contributed by atoms with Crippen LogP contribution in [0.15, 0.2) is 16.6 Å². The van der Waals surface area contributed by atoms with Crippen molar-refractivity contribution in [3.8, 4) is 11.5 Å². The molecule has 1 aromatic rings. The van der Waals surface area contributed by atoms with Gasteiger partial charge < -0.3 is 19.8 Å². The number of carbonyl (C=O) groups is 2. The Bertz CT molecular complexity index is 594. The number of methoxy groups -OCH3 is 1. The molecule has 2 atom stereocenters. The molecule has 0 spiro atoms. The number of hydrogen-bond donors (Lipinski definition) is 2. The fourth-order valence-electron chi connectivity index (χ4n) is 2.23. The first-order valence-corrected chi connectivity index (χ1v) is 7.90. The second-order valence-electron chi connectivity index (χ2n) is 4.52. The van der Waals surface area contributed by atoms with Crippen LogP contribution in [-0.2, 0) is 9.59 Å². The van der Waals surface area contributed by atoms with Gasteiger partial charge in [-0.3, -0.25) is 4.79 Å². The molecule has 0 unspecified atom stereocenters. The maximum Gasteiger partial charge on any atom is 0.327 e. The van der Waals surface area contributed by atoms with Gasteiger partial charge in [-0.05, 0) is 33.6 Å². The maximum atomic E-state index is 11.8. The van der Waals surface area contributed by atoms with Crippen molar-refractivity contribution in [2.75, 3.05) is 12.9 Å². The molecule has 2 rings (SSSR count). The lowest BCUT2D eigenvalue weighted by atomic mass is 10.1. The van der Waals surface area contributed by atoms with Crippen molar-refractivity contribution in [2.24, 2.45) is 0 Å². The standard InChI is InChI=1S/C13H14BrNO5S/c1-6(16)15-9(13(18)19)5-21-12(15)7-3-8(14)11(17)10(4-7)20-2/h3-4,9,12,17H,5H2,1-2H3,(H,18,19)/t9-,12-/m0/s1. The van der Waals surface area contributed by atoms with Gasteiger partial charge >= 0.3 is 5.97 Å². The molecule has 1 aliphatic heterocycles. The van der Waals surface area contributed by atoms with E-state index in [2.05, 4.69) is 15.9 Å². The van der Waals surface area contributed by atoms with E-state index in [4.69, 9.17) is 4.74 Å². The summed E-state index contributed by atoms with van der Waals surface area (Å²) in [4.78, 5) is 24.4. The van der Waals surface area contributed by atoms with Crippen LogP contribution in [0.25, 0.3) is 0 Å². The number of phenolic OH excluding ortho intramolecular Hbond substituents is 1. The number of ether oxygens (including phenoxy) is 1. The van der Waals surface area contributed by atoms with Crippen LogP contribution in [0.3, 0.4) is 0 Å². The van der Waals surface area contributed by atoms with Crippen LogP contribution < -0.4 is 4.74 Å². The number of halogens is 1. The van der Waals surface area contributed by atoms with E-state index >= 15 is 0 Å². The van der Waals surface area contributed by atoms with Crippen molar-refractivity contribution >= 4 is 39.6 Å². The lowest BCUT2D eigenvalue weighted by Crippen LogP contribution is -2.41. The number of nitrogens with zero attached hydrogens (tertiary/aromatic N) is 1. The summed E-state index contributed by atoms with van der Waals surface area (Å²) in [5.74, 6) is -0.776. The van der Waals surface area contributed by atoms with Gasteiger partial charge in [-0.15, -0.1) is 11.8 Å². The van der Waals surface area contributed by atoms with Crippen LogP contribution in [0.1, 0.15) is 17.9 Å².